The van der Waals surface area contributed by atoms with Crippen LogP contribution in [0.1, 0.15) is 22.8 Å². The number of phenols is 1. The van der Waals surface area contributed by atoms with Crippen LogP contribution in [-0.2, 0) is 10.0 Å². The number of Topliss-reactive ketones (excluding diaryl/α,β-unsaturated/α-hetero) is 1. The van der Waals surface area contributed by atoms with Gasteiger partial charge in [0, 0.05) is 11.6 Å². The molecule has 5 nitrogen and oxygen atoms in total. The van der Waals surface area contributed by atoms with Crippen molar-refractivity contribution in [2.45, 2.75) is 18.7 Å². The molecule has 0 spiro atoms. The van der Waals surface area contributed by atoms with E-state index in [1.807, 2.05) is 0 Å². The number of nitrogens with one attached hydrogen (secondary N) is 1. The highest BCUT2D eigenvalue weighted by atomic mass is 32.2. The van der Waals surface area contributed by atoms with Crippen molar-refractivity contribution in [3.63, 3.8) is 0 Å². The SMILES string of the molecule is CC(=O)c1cccc(S(=O)(=O)Nc2ccc(C)c(O)c2)c1. The number of phenolic OH excluding ortho intramolecular Hbond substituents is 1. The van der Waals surface area contributed by atoms with Crippen LogP contribution in [0.4, 0.5) is 5.69 Å². The van der Waals surface area contributed by atoms with Crippen LogP contribution in [-0.4, -0.2) is 19.3 Å². The summed E-state index contributed by atoms with van der Waals surface area (Å²) >= 11 is 0. The first-order valence-electron chi connectivity index (χ1n) is 6.23. The van der Waals surface area contributed by atoms with Gasteiger partial charge in [0.25, 0.3) is 10.0 Å². The van der Waals surface area contributed by atoms with Crippen LogP contribution in [0.2, 0.25) is 0 Å². The van der Waals surface area contributed by atoms with Crippen molar-refractivity contribution >= 4 is 21.5 Å². The lowest BCUT2D eigenvalue weighted by Gasteiger charge is -2.10. The number of carbonyl (C=O) groups excluding carboxylic acids is 1. The van der Waals surface area contributed by atoms with E-state index in [0.717, 1.165) is 0 Å². The third-order valence-electron chi connectivity index (χ3n) is 3.01. The van der Waals surface area contributed by atoms with E-state index in [9.17, 15) is 18.3 Å². The highest BCUT2D eigenvalue weighted by Gasteiger charge is 2.16. The number of ketones is 1. The van der Waals surface area contributed by atoms with Gasteiger partial charge in [-0.2, -0.15) is 0 Å². The quantitative estimate of drug-likeness (QED) is 0.851. The van der Waals surface area contributed by atoms with Gasteiger partial charge in [-0.1, -0.05) is 18.2 Å². The van der Waals surface area contributed by atoms with Gasteiger partial charge in [0.05, 0.1) is 10.6 Å². The Morgan fingerprint density at radius 1 is 1.14 bits per heavy atom. The number of carbonyl (C=O) groups is 1. The maximum Gasteiger partial charge on any atom is 0.261 e. The molecule has 21 heavy (non-hydrogen) atoms. The first-order chi connectivity index (χ1) is 9.79. The molecule has 0 aromatic heterocycles. The molecule has 2 rings (SSSR count). The number of hydrogen-bond donors (Lipinski definition) is 2. The van der Waals surface area contributed by atoms with Gasteiger partial charge in [0.1, 0.15) is 5.75 Å². The van der Waals surface area contributed by atoms with E-state index in [2.05, 4.69) is 4.72 Å². The molecule has 0 heterocycles. The third kappa shape index (κ3) is 3.41. The summed E-state index contributed by atoms with van der Waals surface area (Å²) in [6, 6.07) is 10.3. The minimum atomic E-state index is -3.81. The standard InChI is InChI=1S/C15H15NO4S/c1-10-6-7-13(9-15(10)18)16-21(19,20)14-5-3-4-12(8-14)11(2)17/h3-9,16,18H,1-2H3. The lowest BCUT2D eigenvalue weighted by atomic mass is 10.2. The largest absolute Gasteiger partial charge is 0.508 e. The fraction of sp³-hybridized carbons (Fsp3) is 0.133. The van der Waals surface area contributed by atoms with Gasteiger partial charge < -0.3 is 5.11 Å². The number of rotatable bonds is 4. The van der Waals surface area contributed by atoms with E-state index < -0.39 is 10.0 Å². The van der Waals surface area contributed by atoms with Crippen LogP contribution in [0, 0.1) is 6.92 Å². The summed E-state index contributed by atoms with van der Waals surface area (Å²) in [6.45, 7) is 3.08. The number of benzene rings is 2. The molecule has 0 bridgehead atoms. The molecular formula is C15H15NO4S. The van der Waals surface area contributed by atoms with E-state index >= 15 is 0 Å². The van der Waals surface area contributed by atoms with Crippen molar-refractivity contribution in [2.75, 3.05) is 4.72 Å². The van der Waals surface area contributed by atoms with Gasteiger partial charge in [-0.3, -0.25) is 9.52 Å². The van der Waals surface area contributed by atoms with E-state index in [4.69, 9.17) is 0 Å². The third-order valence-corrected chi connectivity index (χ3v) is 4.39. The first kappa shape index (κ1) is 15.1. The minimum absolute atomic E-state index is 0.00438. The van der Waals surface area contributed by atoms with Crippen LogP contribution in [0.15, 0.2) is 47.4 Å². The summed E-state index contributed by atoms with van der Waals surface area (Å²) in [4.78, 5) is 11.3. The Kier molecular flexibility index (Phi) is 3.99. The normalized spacial score (nSPS) is 11.1. The molecule has 0 radical (unpaired) electrons. The molecule has 0 unspecified atom stereocenters. The molecule has 0 aliphatic heterocycles. The highest BCUT2D eigenvalue weighted by Crippen LogP contribution is 2.23. The molecule has 0 amide bonds. The van der Waals surface area contributed by atoms with E-state index in [1.54, 1.807) is 25.1 Å². The Bertz CT molecular complexity index is 797. The van der Waals surface area contributed by atoms with E-state index in [0.29, 0.717) is 11.1 Å². The number of hydrogen-bond acceptors (Lipinski definition) is 4. The molecule has 0 fully saturated rings. The van der Waals surface area contributed by atoms with Crippen molar-refractivity contribution in [1.82, 2.24) is 0 Å². The van der Waals surface area contributed by atoms with Gasteiger partial charge >= 0.3 is 0 Å². The summed E-state index contributed by atoms with van der Waals surface area (Å²) in [5.41, 5.74) is 1.23. The van der Waals surface area contributed by atoms with Gasteiger partial charge in [0.2, 0.25) is 0 Å². The van der Waals surface area contributed by atoms with Crippen molar-refractivity contribution in [3.05, 3.63) is 53.6 Å². The van der Waals surface area contributed by atoms with Crippen LogP contribution in [0.25, 0.3) is 0 Å². The molecule has 2 aromatic carbocycles. The van der Waals surface area contributed by atoms with Crippen molar-refractivity contribution in [2.24, 2.45) is 0 Å². The summed E-state index contributed by atoms with van der Waals surface area (Å²) in [5, 5.41) is 9.60. The Morgan fingerprint density at radius 2 is 1.86 bits per heavy atom. The number of sulfonamides is 1. The van der Waals surface area contributed by atoms with Crippen molar-refractivity contribution < 1.29 is 18.3 Å². The van der Waals surface area contributed by atoms with Gasteiger partial charge in [0.15, 0.2) is 5.78 Å². The zero-order valence-corrected chi connectivity index (χ0v) is 12.4. The second-order valence-electron chi connectivity index (χ2n) is 4.69. The van der Waals surface area contributed by atoms with Gasteiger partial charge in [-0.25, -0.2) is 8.42 Å². The molecule has 110 valence electrons. The maximum atomic E-state index is 12.3. The number of aromatic hydroxyl groups is 1. The fourth-order valence-electron chi connectivity index (χ4n) is 1.77. The van der Waals surface area contributed by atoms with Gasteiger partial charge in [-0.15, -0.1) is 0 Å². The first-order valence-corrected chi connectivity index (χ1v) is 7.71. The lowest BCUT2D eigenvalue weighted by molar-refractivity contribution is 0.101. The van der Waals surface area contributed by atoms with Crippen LogP contribution < -0.4 is 4.72 Å². The smallest absolute Gasteiger partial charge is 0.261 e. The predicted octanol–water partition coefficient (Wildman–Crippen LogP) is 2.70. The second-order valence-corrected chi connectivity index (χ2v) is 6.37. The lowest BCUT2D eigenvalue weighted by Crippen LogP contribution is -2.13. The molecular weight excluding hydrogens is 290 g/mol. The number of anilines is 1. The zero-order chi connectivity index (χ0) is 15.6. The monoisotopic (exact) mass is 305 g/mol. The average Bonchev–Trinajstić information content (AvgIpc) is 2.43. The molecule has 0 aliphatic rings. The van der Waals surface area contributed by atoms with Crippen molar-refractivity contribution in [1.29, 1.82) is 0 Å². The predicted molar refractivity (Wildman–Crippen MR) is 80.1 cm³/mol. The Balaban J connectivity index is 2.36. The topological polar surface area (TPSA) is 83.5 Å². The van der Waals surface area contributed by atoms with Gasteiger partial charge in [-0.05, 0) is 37.6 Å². The molecule has 6 heteroatoms. The van der Waals surface area contributed by atoms with Crippen LogP contribution in [0.5, 0.6) is 5.75 Å². The summed E-state index contributed by atoms with van der Waals surface area (Å²) < 4.78 is 26.9. The van der Waals surface area contributed by atoms with E-state index in [-0.39, 0.29) is 22.1 Å². The zero-order valence-electron chi connectivity index (χ0n) is 11.6. The minimum Gasteiger partial charge on any atom is -0.508 e. The molecule has 2 aromatic rings. The Hall–Kier alpha value is -2.34. The van der Waals surface area contributed by atoms with Crippen molar-refractivity contribution in [3.8, 4) is 5.75 Å². The Labute approximate surface area is 123 Å². The summed E-state index contributed by atoms with van der Waals surface area (Å²) in [6.07, 6.45) is 0. The van der Waals surface area contributed by atoms with Crippen LogP contribution in [0.3, 0.4) is 0 Å². The number of aryl methyl sites for hydroxylation is 1. The molecule has 0 atom stereocenters. The molecule has 0 saturated heterocycles. The van der Waals surface area contributed by atoms with Crippen LogP contribution >= 0.6 is 0 Å². The molecule has 0 aliphatic carbocycles. The second kappa shape index (κ2) is 5.57. The maximum absolute atomic E-state index is 12.3. The highest BCUT2D eigenvalue weighted by molar-refractivity contribution is 7.92. The van der Waals surface area contributed by atoms with E-state index in [1.165, 1.54) is 31.2 Å². The summed E-state index contributed by atoms with van der Waals surface area (Å²) in [7, 11) is -3.81. The molecule has 0 saturated carbocycles. The summed E-state index contributed by atoms with van der Waals surface area (Å²) in [5.74, 6) is -0.201. The fourth-order valence-corrected chi connectivity index (χ4v) is 2.86. The average molecular weight is 305 g/mol. The Morgan fingerprint density at radius 3 is 2.48 bits per heavy atom. The molecule has 2 N–H and O–H groups in total.